The van der Waals surface area contributed by atoms with Gasteiger partial charge in [-0.2, -0.15) is 4.98 Å². The number of hydrogen-bond donors (Lipinski definition) is 1. The second-order valence-corrected chi connectivity index (χ2v) is 14.1. The number of fused-ring (bicyclic) bond motifs is 1. The maximum Gasteiger partial charge on any atom is 0.338 e. The van der Waals surface area contributed by atoms with Crippen molar-refractivity contribution in [2.45, 2.75) is 75.6 Å². The molecule has 0 radical (unpaired) electrons. The van der Waals surface area contributed by atoms with Gasteiger partial charge in [-0.1, -0.05) is 65.7 Å². The van der Waals surface area contributed by atoms with E-state index in [1.807, 2.05) is 26.0 Å². The molecule has 1 fully saturated rings. The Kier molecular flexibility index (Phi) is 11.2. The van der Waals surface area contributed by atoms with E-state index in [4.69, 9.17) is 47.5 Å². The van der Waals surface area contributed by atoms with Crippen LogP contribution in [0, 0.1) is 5.82 Å². The summed E-state index contributed by atoms with van der Waals surface area (Å²) >= 11 is 17.8. The molecule has 0 bridgehead atoms. The molecule has 6 rings (SSSR count). The highest BCUT2D eigenvalue weighted by atomic mass is 79.9. The van der Waals surface area contributed by atoms with Gasteiger partial charge in [0, 0.05) is 27.1 Å². The van der Waals surface area contributed by atoms with E-state index >= 15 is 0 Å². The van der Waals surface area contributed by atoms with Gasteiger partial charge >= 0.3 is 5.97 Å². The first-order chi connectivity index (χ1) is 23.2. The number of nitrogens with zero attached hydrogens (tertiary/aromatic N) is 3. The molecular weight excluding hydrogens is 742 g/mol. The van der Waals surface area contributed by atoms with Crippen molar-refractivity contribution in [2.75, 3.05) is 11.9 Å². The third kappa shape index (κ3) is 7.64. The predicted molar refractivity (Wildman–Crippen MR) is 190 cm³/mol. The fraction of sp³-hybridized carbons (Fsp3) is 0.343. The van der Waals surface area contributed by atoms with Crippen molar-refractivity contribution >= 4 is 62.8 Å². The molecule has 252 valence electrons. The molecule has 1 aromatic heterocycles. The fourth-order valence-corrected chi connectivity index (χ4v) is 7.78. The summed E-state index contributed by atoms with van der Waals surface area (Å²) in [5.74, 6) is 0.995. The number of ether oxygens (including phenoxy) is 3. The summed E-state index contributed by atoms with van der Waals surface area (Å²) in [5.41, 5.74) is 2.91. The second kappa shape index (κ2) is 15.5. The number of aromatic nitrogens is 3. The summed E-state index contributed by atoms with van der Waals surface area (Å²) in [5, 5.41) is 9.49. The summed E-state index contributed by atoms with van der Waals surface area (Å²) in [6.07, 6.45) is 4.72. The molecule has 8 nitrogen and oxygen atoms in total. The molecule has 48 heavy (non-hydrogen) atoms. The standard InChI is InChI=1S/C35H34BrCl2FN4O4S/c1-3-45-29-17-22(16-25(36)32(29)46-18-24-26(37)13-9-14-27(24)38)31-30(33(44)47-23-11-5-4-6-12-23)20(2)40-34-41-35(42-43(31)34)48-19-21-10-7-8-15-28(21)39/h7-10,13-17,23,31H,3-6,11-12,18-19H2,1-2H3,(H,40,41,42). The van der Waals surface area contributed by atoms with Crippen LogP contribution >= 0.6 is 50.9 Å². The Labute approximate surface area is 301 Å². The molecule has 1 N–H and O–H groups in total. The van der Waals surface area contributed by atoms with E-state index in [1.54, 1.807) is 41.1 Å². The fourth-order valence-electron chi connectivity index (χ4n) is 5.88. The van der Waals surface area contributed by atoms with Crippen LogP contribution in [0.2, 0.25) is 10.0 Å². The highest BCUT2D eigenvalue weighted by Crippen LogP contribution is 2.44. The first-order valence-corrected chi connectivity index (χ1v) is 18.3. The Balaban J connectivity index is 1.37. The van der Waals surface area contributed by atoms with E-state index in [-0.39, 0.29) is 18.5 Å². The minimum absolute atomic E-state index is 0.109. The van der Waals surface area contributed by atoms with E-state index < -0.39 is 12.0 Å². The zero-order chi connectivity index (χ0) is 33.8. The number of allylic oxidation sites excluding steroid dienone is 1. The quantitative estimate of drug-likeness (QED) is 0.119. The molecular formula is C35H34BrCl2FN4O4S. The van der Waals surface area contributed by atoms with Gasteiger partial charge in [0.15, 0.2) is 11.5 Å². The van der Waals surface area contributed by atoms with Gasteiger partial charge in [-0.3, -0.25) is 0 Å². The van der Waals surface area contributed by atoms with Gasteiger partial charge in [0.05, 0.1) is 16.7 Å². The van der Waals surface area contributed by atoms with Crippen LogP contribution in [0.4, 0.5) is 10.3 Å². The average molecular weight is 777 g/mol. The lowest BCUT2D eigenvalue weighted by Crippen LogP contribution is -2.32. The Morgan fingerprint density at radius 1 is 1.08 bits per heavy atom. The van der Waals surface area contributed by atoms with Crippen molar-refractivity contribution in [2.24, 2.45) is 0 Å². The van der Waals surface area contributed by atoms with Crippen LogP contribution in [0.1, 0.15) is 68.7 Å². The van der Waals surface area contributed by atoms with Crippen molar-refractivity contribution in [3.8, 4) is 11.5 Å². The average Bonchev–Trinajstić information content (AvgIpc) is 3.47. The number of esters is 1. The molecule has 0 saturated heterocycles. The van der Waals surface area contributed by atoms with Crippen LogP contribution < -0.4 is 14.8 Å². The molecule has 1 aliphatic carbocycles. The third-order valence-corrected chi connectivity index (χ3v) is 10.4. The van der Waals surface area contributed by atoms with Crippen molar-refractivity contribution in [3.05, 3.63) is 103 Å². The Morgan fingerprint density at radius 3 is 2.56 bits per heavy atom. The first-order valence-electron chi connectivity index (χ1n) is 15.8. The zero-order valence-corrected chi connectivity index (χ0v) is 30.3. The molecule has 2 aliphatic rings. The van der Waals surface area contributed by atoms with Crippen molar-refractivity contribution < 1.29 is 23.4 Å². The minimum Gasteiger partial charge on any atom is -0.490 e. The molecule has 0 amide bonds. The summed E-state index contributed by atoms with van der Waals surface area (Å²) in [6.45, 7) is 4.18. The van der Waals surface area contributed by atoms with Crippen LogP contribution in [0.25, 0.3) is 0 Å². The van der Waals surface area contributed by atoms with Crippen LogP contribution in [0.3, 0.4) is 0 Å². The molecule has 3 aromatic carbocycles. The second-order valence-electron chi connectivity index (χ2n) is 11.5. The number of hydrogen-bond acceptors (Lipinski definition) is 8. The number of carbonyl (C=O) groups is 1. The monoisotopic (exact) mass is 774 g/mol. The van der Waals surface area contributed by atoms with Crippen LogP contribution in [-0.4, -0.2) is 33.4 Å². The van der Waals surface area contributed by atoms with E-state index in [0.717, 1.165) is 32.1 Å². The summed E-state index contributed by atoms with van der Waals surface area (Å²) in [4.78, 5) is 18.7. The first kappa shape index (κ1) is 34.6. The summed E-state index contributed by atoms with van der Waals surface area (Å²) < 4.78 is 35.1. The van der Waals surface area contributed by atoms with E-state index in [9.17, 15) is 9.18 Å². The molecule has 1 atom stereocenters. The lowest BCUT2D eigenvalue weighted by Gasteiger charge is -2.30. The molecule has 0 spiro atoms. The third-order valence-electron chi connectivity index (χ3n) is 8.26. The lowest BCUT2D eigenvalue weighted by molar-refractivity contribution is -0.146. The number of carbonyl (C=O) groups excluding carboxylic acids is 1. The van der Waals surface area contributed by atoms with Gasteiger partial charge in [-0.25, -0.2) is 13.9 Å². The van der Waals surface area contributed by atoms with Gasteiger partial charge in [-0.05, 0) is 96.9 Å². The minimum atomic E-state index is -0.713. The molecule has 1 aliphatic heterocycles. The van der Waals surface area contributed by atoms with Crippen molar-refractivity contribution in [3.63, 3.8) is 0 Å². The molecule has 1 unspecified atom stereocenters. The Bertz CT molecular complexity index is 1830. The topological polar surface area (TPSA) is 87.5 Å². The van der Waals surface area contributed by atoms with Gasteiger partial charge in [-0.15, -0.1) is 5.10 Å². The van der Waals surface area contributed by atoms with E-state index in [2.05, 4.69) is 21.2 Å². The number of thioether (sulfide) groups is 1. The largest absolute Gasteiger partial charge is 0.490 e. The van der Waals surface area contributed by atoms with Crippen LogP contribution in [-0.2, 0) is 21.9 Å². The highest BCUT2D eigenvalue weighted by molar-refractivity contribution is 9.10. The molecule has 4 aromatic rings. The number of benzene rings is 3. The van der Waals surface area contributed by atoms with Crippen molar-refractivity contribution in [1.82, 2.24) is 14.8 Å². The van der Waals surface area contributed by atoms with Crippen LogP contribution in [0.15, 0.2) is 75.5 Å². The predicted octanol–water partition coefficient (Wildman–Crippen LogP) is 9.92. The van der Waals surface area contributed by atoms with E-state index in [1.165, 1.54) is 17.8 Å². The number of halogens is 4. The zero-order valence-electron chi connectivity index (χ0n) is 26.4. The van der Waals surface area contributed by atoms with Gasteiger partial charge < -0.3 is 19.5 Å². The highest BCUT2D eigenvalue weighted by Gasteiger charge is 2.37. The Morgan fingerprint density at radius 2 is 1.83 bits per heavy atom. The van der Waals surface area contributed by atoms with Gasteiger partial charge in [0.25, 0.3) is 0 Å². The smallest absolute Gasteiger partial charge is 0.338 e. The normalized spacial score (nSPS) is 16.3. The lowest BCUT2D eigenvalue weighted by atomic mass is 9.94. The maximum atomic E-state index is 14.4. The van der Waals surface area contributed by atoms with Gasteiger partial charge in [0.1, 0.15) is 24.6 Å². The maximum absolute atomic E-state index is 14.4. The van der Waals surface area contributed by atoms with Crippen molar-refractivity contribution in [1.29, 1.82) is 0 Å². The number of rotatable bonds is 11. The van der Waals surface area contributed by atoms with Gasteiger partial charge in [0.2, 0.25) is 11.1 Å². The molecule has 13 heteroatoms. The Hall–Kier alpha value is -3.25. The van der Waals surface area contributed by atoms with Crippen LogP contribution in [0.5, 0.6) is 11.5 Å². The van der Waals surface area contributed by atoms with E-state index in [0.29, 0.717) is 77.4 Å². The SMILES string of the molecule is CCOc1cc(C2C(C(=O)OC3CCCCC3)=C(C)Nc3nc(SCc4ccccc4F)nn32)cc(Br)c1OCc1c(Cl)cccc1Cl. The summed E-state index contributed by atoms with van der Waals surface area (Å²) in [6, 6.07) is 14.9. The summed E-state index contributed by atoms with van der Waals surface area (Å²) in [7, 11) is 0. The molecule has 2 heterocycles. The number of anilines is 1. The molecule has 1 saturated carbocycles. The number of nitrogens with one attached hydrogen (secondary N) is 1.